The molecule has 3 rings (SSSR count). The Morgan fingerprint density at radius 2 is 2.13 bits per heavy atom. The number of hydrogen-bond acceptors (Lipinski definition) is 6. The van der Waals surface area contributed by atoms with Gasteiger partial charge in [-0.1, -0.05) is 12.1 Å². The second-order valence-corrected chi connectivity index (χ2v) is 7.66. The molecule has 0 spiro atoms. The second-order valence-electron chi connectivity index (χ2n) is 7.66. The van der Waals surface area contributed by atoms with Gasteiger partial charge in [0.05, 0.1) is 25.5 Å². The van der Waals surface area contributed by atoms with E-state index >= 15 is 0 Å². The van der Waals surface area contributed by atoms with Crippen molar-refractivity contribution in [3.63, 3.8) is 0 Å². The molecule has 30 heavy (non-hydrogen) atoms. The average molecular weight is 414 g/mol. The summed E-state index contributed by atoms with van der Waals surface area (Å²) in [6.07, 6.45) is 3.77. The number of likely N-dealkylation sites (tertiary alicyclic amines) is 1. The van der Waals surface area contributed by atoms with E-state index < -0.39 is 0 Å². The van der Waals surface area contributed by atoms with Gasteiger partial charge in [-0.25, -0.2) is 9.97 Å². The fourth-order valence-corrected chi connectivity index (χ4v) is 3.67. The van der Waals surface area contributed by atoms with Crippen molar-refractivity contribution >= 4 is 5.91 Å². The van der Waals surface area contributed by atoms with Crippen molar-refractivity contribution in [1.82, 2.24) is 14.9 Å². The summed E-state index contributed by atoms with van der Waals surface area (Å²) in [5.74, 6) is 1.63. The number of rotatable bonds is 9. The Hall–Kier alpha value is -2.51. The average Bonchev–Trinajstić information content (AvgIpc) is 2.76. The van der Waals surface area contributed by atoms with Crippen LogP contribution in [0.25, 0.3) is 0 Å². The number of hydrogen-bond donors (Lipinski definition) is 0. The first-order chi connectivity index (χ1) is 14.6. The SMILES string of the molecule is COCCOCc1cnc(C)nc1C1CCCN(C(=O)COc2cccc(C)c2)C1. The number of aryl methyl sites for hydroxylation is 2. The van der Waals surface area contributed by atoms with Gasteiger partial charge >= 0.3 is 0 Å². The predicted molar refractivity (Wildman–Crippen MR) is 114 cm³/mol. The molecule has 7 heteroatoms. The highest BCUT2D eigenvalue weighted by molar-refractivity contribution is 5.78. The number of benzene rings is 1. The number of piperidine rings is 1. The number of aromatic nitrogens is 2. The lowest BCUT2D eigenvalue weighted by molar-refractivity contribution is -0.134. The standard InChI is InChI=1S/C23H31N3O4/c1-17-6-4-8-21(12-17)30-16-22(27)26-9-5-7-19(14-26)23-20(13-24-18(2)25-23)15-29-11-10-28-3/h4,6,8,12-13,19H,5,7,9-11,14-16H2,1-3H3. The van der Waals surface area contributed by atoms with E-state index in [1.54, 1.807) is 7.11 Å². The summed E-state index contributed by atoms with van der Waals surface area (Å²) in [6, 6.07) is 7.74. The maximum atomic E-state index is 12.8. The third-order valence-electron chi connectivity index (χ3n) is 5.22. The Balaban J connectivity index is 1.62. The molecule has 1 fully saturated rings. The van der Waals surface area contributed by atoms with Crippen molar-refractivity contribution in [1.29, 1.82) is 0 Å². The molecule has 1 aliphatic rings. The molecule has 1 aliphatic heterocycles. The fourth-order valence-electron chi connectivity index (χ4n) is 3.67. The maximum absolute atomic E-state index is 12.8. The van der Waals surface area contributed by atoms with E-state index in [0.717, 1.165) is 47.8 Å². The summed E-state index contributed by atoms with van der Waals surface area (Å²) < 4.78 is 16.4. The molecule has 0 saturated carbocycles. The third kappa shape index (κ3) is 6.24. The van der Waals surface area contributed by atoms with Gasteiger partial charge < -0.3 is 19.1 Å². The molecular weight excluding hydrogens is 382 g/mol. The molecule has 2 aromatic rings. The monoisotopic (exact) mass is 413 g/mol. The molecule has 1 amide bonds. The molecule has 0 bridgehead atoms. The zero-order valence-corrected chi connectivity index (χ0v) is 18.1. The van der Waals surface area contributed by atoms with Crippen LogP contribution < -0.4 is 4.74 Å². The molecular formula is C23H31N3O4. The van der Waals surface area contributed by atoms with Crippen molar-refractivity contribution in [2.24, 2.45) is 0 Å². The van der Waals surface area contributed by atoms with Crippen LogP contribution in [0, 0.1) is 13.8 Å². The van der Waals surface area contributed by atoms with Crippen LogP contribution >= 0.6 is 0 Å². The minimum atomic E-state index is 0.00452. The Bertz CT molecular complexity index is 843. The smallest absolute Gasteiger partial charge is 0.260 e. The van der Waals surface area contributed by atoms with Gasteiger partial charge in [-0.05, 0) is 44.4 Å². The maximum Gasteiger partial charge on any atom is 0.260 e. The summed E-state index contributed by atoms with van der Waals surface area (Å²) in [5.41, 5.74) is 3.07. The molecule has 2 heterocycles. The molecule has 0 radical (unpaired) electrons. The zero-order chi connectivity index (χ0) is 21.3. The number of carbonyl (C=O) groups excluding carboxylic acids is 1. The summed E-state index contributed by atoms with van der Waals surface area (Å²) in [5, 5.41) is 0. The molecule has 1 atom stereocenters. The van der Waals surface area contributed by atoms with Gasteiger partial charge in [0.15, 0.2) is 6.61 Å². The zero-order valence-electron chi connectivity index (χ0n) is 18.1. The number of ether oxygens (including phenoxy) is 3. The first kappa shape index (κ1) is 22.2. The van der Waals surface area contributed by atoms with Gasteiger partial charge in [0.25, 0.3) is 5.91 Å². The van der Waals surface area contributed by atoms with Gasteiger partial charge in [0, 0.05) is 37.9 Å². The lowest BCUT2D eigenvalue weighted by atomic mass is 9.92. The van der Waals surface area contributed by atoms with E-state index in [-0.39, 0.29) is 18.4 Å². The summed E-state index contributed by atoms with van der Waals surface area (Å²) in [4.78, 5) is 23.7. The Labute approximate surface area is 178 Å². The molecule has 7 nitrogen and oxygen atoms in total. The molecule has 1 saturated heterocycles. The van der Waals surface area contributed by atoms with Gasteiger partial charge in [0.2, 0.25) is 0 Å². The molecule has 0 aliphatic carbocycles. The second kappa shape index (κ2) is 11.0. The lowest BCUT2D eigenvalue weighted by Gasteiger charge is -2.33. The Kier molecular flexibility index (Phi) is 8.16. The number of amides is 1. The van der Waals surface area contributed by atoms with Gasteiger partial charge in [-0.15, -0.1) is 0 Å². The van der Waals surface area contributed by atoms with E-state index in [9.17, 15) is 4.79 Å². The summed E-state index contributed by atoms with van der Waals surface area (Å²) in [7, 11) is 1.65. The number of methoxy groups -OCH3 is 1. The molecule has 0 N–H and O–H groups in total. The highest BCUT2D eigenvalue weighted by atomic mass is 16.5. The van der Waals surface area contributed by atoms with Gasteiger partial charge in [0.1, 0.15) is 11.6 Å². The van der Waals surface area contributed by atoms with E-state index in [2.05, 4.69) is 4.98 Å². The van der Waals surface area contributed by atoms with Crippen LogP contribution in [0.15, 0.2) is 30.5 Å². The minimum Gasteiger partial charge on any atom is -0.484 e. The molecule has 162 valence electrons. The Morgan fingerprint density at radius 3 is 2.93 bits per heavy atom. The van der Waals surface area contributed by atoms with E-state index in [0.29, 0.717) is 26.4 Å². The van der Waals surface area contributed by atoms with Crippen LogP contribution in [0.3, 0.4) is 0 Å². The fraction of sp³-hybridized carbons (Fsp3) is 0.522. The number of carbonyl (C=O) groups is 1. The highest BCUT2D eigenvalue weighted by Crippen LogP contribution is 2.28. The van der Waals surface area contributed by atoms with Crippen molar-refractivity contribution in [3.05, 3.63) is 53.1 Å². The van der Waals surface area contributed by atoms with Crippen molar-refractivity contribution in [2.75, 3.05) is 40.0 Å². The molecule has 1 unspecified atom stereocenters. The molecule has 1 aromatic carbocycles. The van der Waals surface area contributed by atoms with Crippen molar-refractivity contribution < 1.29 is 19.0 Å². The minimum absolute atomic E-state index is 0.00452. The normalized spacial score (nSPS) is 16.5. The molecule has 1 aromatic heterocycles. The highest BCUT2D eigenvalue weighted by Gasteiger charge is 2.27. The van der Waals surface area contributed by atoms with Gasteiger partial charge in [-0.2, -0.15) is 0 Å². The van der Waals surface area contributed by atoms with Crippen LogP contribution in [0.2, 0.25) is 0 Å². The first-order valence-corrected chi connectivity index (χ1v) is 10.4. The van der Waals surface area contributed by atoms with Crippen molar-refractivity contribution in [2.45, 2.75) is 39.2 Å². The number of nitrogens with zero attached hydrogens (tertiary/aromatic N) is 3. The lowest BCUT2D eigenvalue weighted by Crippen LogP contribution is -2.42. The summed E-state index contributed by atoms with van der Waals surface area (Å²) >= 11 is 0. The van der Waals surface area contributed by atoms with Gasteiger partial charge in [-0.3, -0.25) is 4.79 Å². The van der Waals surface area contributed by atoms with E-state index in [1.807, 2.05) is 49.2 Å². The summed E-state index contributed by atoms with van der Waals surface area (Å²) in [6.45, 7) is 6.84. The first-order valence-electron chi connectivity index (χ1n) is 10.4. The van der Waals surface area contributed by atoms with Crippen molar-refractivity contribution in [3.8, 4) is 5.75 Å². The van der Waals surface area contributed by atoms with Crippen LogP contribution in [0.1, 0.15) is 41.4 Å². The largest absolute Gasteiger partial charge is 0.484 e. The van der Waals surface area contributed by atoms with Crippen LogP contribution in [0.4, 0.5) is 0 Å². The quantitative estimate of drug-likeness (QED) is 0.589. The Morgan fingerprint density at radius 1 is 1.27 bits per heavy atom. The van der Waals surface area contributed by atoms with E-state index in [4.69, 9.17) is 19.2 Å². The van der Waals surface area contributed by atoms with Crippen LogP contribution in [-0.4, -0.2) is 60.8 Å². The van der Waals surface area contributed by atoms with Crippen LogP contribution in [-0.2, 0) is 20.9 Å². The van der Waals surface area contributed by atoms with Crippen LogP contribution in [0.5, 0.6) is 5.75 Å². The topological polar surface area (TPSA) is 73.8 Å². The van der Waals surface area contributed by atoms with E-state index in [1.165, 1.54) is 0 Å². The third-order valence-corrected chi connectivity index (χ3v) is 5.22. The predicted octanol–water partition coefficient (Wildman–Crippen LogP) is 3.04.